The van der Waals surface area contributed by atoms with Gasteiger partial charge in [0.2, 0.25) is 11.8 Å². The summed E-state index contributed by atoms with van der Waals surface area (Å²) < 4.78 is 5.01. The first-order valence-electron chi connectivity index (χ1n) is 9.98. The van der Waals surface area contributed by atoms with Crippen molar-refractivity contribution < 1.29 is 14.3 Å². The molecule has 0 aromatic carbocycles. The molecular formula is C20H34N4O3S. The summed E-state index contributed by atoms with van der Waals surface area (Å²) in [6.07, 6.45) is 1.48. The number of thiophene rings is 1. The van der Waals surface area contributed by atoms with Crippen LogP contribution in [-0.4, -0.2) is 73.6 Å². The van der Waals surface area contributed by atoms with Crippen molar-refractivity contribution in [3.8, 4) is 0 Å². The van der Waals surface area contributed by atoms with E-state index in [-0.39, 0.29) is 24.5 Å². The minimum atomic E-state index is -0.481. The Kier molecular flexibility index (Phi) is 9.37. The molecule has 3 N–H and O–H groups in total. The zero-order valence-corrected chi connectivity index (χ0v) is 18.0. The Bertz CT molecular complexity index is 609. The van der Waals surface area contributed by atoms with Crippen molar-refractivity contribution >= 4 is 23.2 Å². The van der Waals surface area contributed by atoms with Crippen molar-refractivity contribution in [3.05, 3.63) is 22.4 Å². The molecule has 0 radical (unpaired) electrons. The van der Waals surface area contributed by atoms with Crippen LogP contribution in [0.5, 0.6) is 0 Å². The normalized spacial score (nSPS) is 20.0. The van der Waals surface area contributed by atoms with E-state index in [1.165, 1.54) is 12.0 Å². The van der Waals surface area contributed by atoms with Gasteiger partial charge in [0.15, 0.2) is 0 Å². The fourth-order valence-corrected chi connectivity index (χ4v) is 4.49. The number of methoxy groups -OCH3 is 1. The van der Waals surface area contributed by atoms with Crippen molar-refractivity contribution in [2.45, 2.75) is 45.3 Å². The highest BCUT2D eigenvalue weighted by Gasteiger charge is 2.38. The van der Waals surface area contributed by atoms with E-state index in [0.29, 0.717) is 32.0 Å². The number of hydrogen-bond donors (Lipinski definition) is 2. The minimum absolute atomic E-state index is 0.00373. The fraction of sp³-hybridized carbons (Fsp3) is 0.700. The van der Waals surface area contributed by atoms with Gasteiger partial charge >= 0.3 is 0 Å². The van der Waals surface area contributed by atoms with E-state index >= 15 is 0 Å². The van der Waals surface area contributed by atoms with Gasteiger partial charge in [-0.25, -0.2) is 0 Å². The number of carbonyl (C=O) groups excluding carboxylic acids is 2. The summed E-state index contributed by atoms with van der Waals surface area (Å²) in [6.45, 7) is 7.62. The Labute approximate surface area is 172 Å². The van der Waals surface area contributed by atoms with Gasteiger partial charge in [0.1, 0.15) is 12.6 Å². The highest BCUT2D eigenvalue weighted by Crippen LogP contribution is 2.26. The Morgan fingerprint density at radius 3 is 2.86 bits per heavy atom. The molecule has 158 valence electrons. The number of rotatable bonds is 10. The zero-order valence-electron chi connectivity index (χ0n) is 17.2. The van der Waals surface area contributed by atoms with E-state index < -0.39 is 6.04 Å². The molecule has 28 heavy (non-hydrogen) atoms. The molecule has 2 rings (SSSR count). The number of hydrogen-bond acceptors (Lipinski definition) is 6. The average Bonchev–Trinajstić information content (AvgIpc) is 3.18. The minimum Gasteiger partial charge on any atom is -0.375 e. The second kappa shape index (κ2) is 11.5. The molecule has 7 nitrogen and oxygen atoms in total. The van der Waals surface area contributed by atoms with Crippen molar-refractivity contribution in [3.63, 3.8) is 0 Å². The van der Waals surface area contributed by atoms with E-state index in [4.69, 9.17) is 10.5 Å². The first-order valence-corrected chi connectivity index (χ1v) is 10.9. The van der Waals surface area contributed by atoms with Crippen LogP contribution < -0.4 is 11.1 Å². The van der Waals surface area contributed by atoms with Crippen molar-refractivity contribution in [2.24, 2.45) is 11.7 Å². The quantitative estimate of drug-likeness (QED) is 0.607. The molecule has 1 fully saturated rings. The van der Waals surface area contributed by atoms with Gasteiger partial charge in [-0.2, -0.15) is 0 Å². The summed E-state index contributed by atoms with van der Waals surface area (Å²) >= 11 is 1.76. The Hall–Kier alpha value is -1.48. The molecule has 1 aromatic heterocycles. The lowest BCUT2D eigenvalue weighted by Gasteiger charge is -2.43. The van der Waals surface area contributed by atoms with Gasteiger partial charge in [0.05, 0.1) is 0 Å². The SMILES string of the molecule is COCC(=O)N1CCC(N(Cc2cccs2)CC(C)C)C[C@@H]1C(=O)NCCN. The molecule has 1 unspecified atom stereocenters. The van der Waals surface area contributed by atoms with Gasteiger partial charge in [-0.1, -0.05) is 19.9 Å². The third-order valence-electron chi connectivity index (χ3n) is 4.96. The van der Waals surface area contributed by atoms with Crippen LogP contribution in [0.1, 0.15) is 31.6 Å². The average molecular weight is 411 g/mol. The van der Waals surface area contributed by atoms with Crippen LogP contribution in [0.3, 0.4) is 0 Å². The number of likely N-dealkylation sites (tertiary alicyclic amines) is 1. The standard InChI is InChI=1S/C20H34N4O3S/c1-15(2)12-23(13-17-5-4-10-28-17)16-6-9-24(19(25)14-27-3)18(11-16)20(26)22-8-7-21/h4-5,10,15-16,18H,6-9,11-14,21H2,1-3H3,(H,22,26)/t16?,18-/m1/s1. The van der Waals surface area contributed by atoms with Crippen molar-refractivity contribution in [2.75, 3.05) is 39.9 Å². The Balaban J connectivity index is 2.15. The van der Waals surface area contributed by atoms with Gasteiger partial charge in [-0.05, 0) is 30.2 Å². The van der Waals surface area contributed by atoms with Crippen LogP contribution >= 0.6 is 11.3 Å². The second-order valence-corrected chi connectivity index (χ2v) is 8.73. The smallest absolute Gasteiger partial charge is 0.249 e. The Morgan fingerprint density at radius 2 is 2.25 bits per heavy atom. The maximum absolute atomic E-state index is 12.8. The van der Waals surface area contributed by atoms with Crippen molar-refractivity contribution in [1.82, 2.24) is 15.1 Å². The number of nitrogens with one attached hydrogen (secondary N) is 1. The molecule has 0 bridgehead atoms. The summed E-state index contributed by atoms with van der Waals surface area (Å²) in [5.74, 6) is 0.264. The van der Waals surface area contributed by atoms with Crippen LogP contribution in [0.4, 0.5) is 0 Å². The number of carbonyl (C=O) groups is 2. The predicted molar refractivity (Wildman–Crippen MR) is 112 cm³/mol. The van der Waals surface area contributed by atoms with E-state index in [0.717, 1.165) is 19.5 Å². The second-order valence-electron chi connectivity index (χ2n) is 7.70. The van der Waals surface area contributed by atoms with Gasteiger partial charge < -0.3 is 20.7 Å². The largest absolute Gasteiger partial charge is 0.375 e. The molecular weight excluding hydrogens is 376 g/mol. The molecule has 0 spiro atoms. The third-order valence-corrected chi connectivity index (χ3v) is 5.83. The van der Waals surface area contributed by atoms with E-state index in [1.54, 1.807) is 16.2 Å². The van der Waals surface area contributed by atoms with E-state index in [9.17, 15) is 9.59 Å². The maximum Gasteiger partial charge on any atom is 0.249 e. The first-order chi connectivity index (χ1) is 13.5. The monoisotopic (exact) mass is 410 g/mol. The molecule has 2 atom stereocenters. The lowest BCUT2D eigenvalue weighted by Crippen LogP contribution is -2.58. The van der Waals surface area contributed by atoms with Crippen LogP contribution in [0.2, 0.25) is 0 Å². The summed E-state index contributed by atoms with van der Waals surface area (Å²) in [7, 11) is 1.50. The molecule has 1 saturated heterocycles. The van der Waals surface area contributed by atoms with E-state index in [1.807, 2.05) is 0 Å². The summed E-state index contributed by atoms with van der Waals surface area (Å²) in [5.41, 5.74) is 5.53. The molecule has 2 heterocycles. The Morgan fingerprint density at radius 1 is 1.46 bits per heavy atom. The van der Waals surface area contributed by atoms with Crippen LogP contribution in [0.15, 0.2) is 17.5 Å². The summed E-state index contributed by atoms with van der Waals surface area (Å²) in [5, 5.41) is 4.95. The molecule has 1 aliphatic rings. The zero-order chi connectivity index (χ0) is 20.5. The van der Waals surface area contributed by atoms with Gasteiger partial charge in [0, 0.05) is 50.8 Å². The molecule has 1 aliphatic heterocycles. The van der Waals surface area contributed by atoms with Gasteiger partial charge in [-0.15, -0.1) is 11.3 Å². The molecule has 8 heteroatoms. The van der Waals surface area contributed by atoms with Crippen LogP contribution in [-0.2, 0) is 20.9 Å². The lowest BCUT2D eigenvalue weighted by atomic mass is 9.94. The number of nitrogens with zero attached hydrogens (tertiary/aromatic N) is 2. The van der Waals surface area contributed by atoms with E-state index in [2.05, 4.69) is 41.6 Å². The predicted octanol–water partition coefficient (Wildman–Crippen LogP) is 1.29. The maximum atomic E-state index is 12.8. The fourth-order valence-electron chi connectivity index (χ4n) is 3.76. The summed E-state index contributed by atoms with van der Waals surface area (Å²) in [4.78, 5) is 30.7. The van der Waals surface area contributed by atoms with Crippen LogP contribution in [0.25, 0.3) is 0 Å². The third kappa shape index (κ3) is 6.55. The molecule has 0 saturated carbocycles. The first kappa shape index (κ1) is 22.8. The molecule has 1 aromatic rings. The molecule has 2 amide bonds. The number of ether oxygens (including phenoxy) is 1. The van der Waals surface area contributed by atoms with Crippen molar-refractivity contribution in [1.29, 1.82) is 0 Å². The number of piperidine rings is 1. The topological polar surface area (TPSA) is 87.9 Å². The highest BCUT2D eigenvalue weighted by atomic mass is 32.1. The number of nitrogens with two attached hydrogens (primary N) is 1. The number of amides is 2. The lowest BCUT2D eigenvalue weighted by molar-refractivity contribution is -0.146. The van der Waals surface area contributed by atoms with Gasteiger partial charge in [-0.3, -0.25) is 14.5 Å². The van der Waals surface area contributed by atoms with Crippen LogP contribution in [0, 0.1) is 5.92 Å². The summed E-state index contributed by atoms with van der Waals surface area (Å²) in [6, 6.07) is 4.00. The van der Waals surface area contributed by atoms with Gasteiger partial charge in [0.25, 0.3) is 0 Å². The highest BCUT2D eigenvalue weighted by molar-refractivity contribution is 7.09. The molecule has 0 aliphatic carbocycles.